The van der Waals surface area contributed by atoms with E-state index in [0.29, 0.717) is 16.9 Å². The number of ketones is 1. The Morgan fingerprint density at radius 3 is 2.41 bits per heavy atom. The third-order valence-corrected chi connectivity index (χ3v) is 4.93. The maximum Gasteiger partial charge on any atom is 0.295 e. The minimum Gasteiger partial charge on any atom is -0.507 e. The van der Waals surface area contributed by atoms with Gasteiger partial charge in [-0.05, 0) is 48.4 Å². The maximum absolute atomic E-state index is 13.4. The van der Waals surface area contributed by atoms with E-state index in [1.165, 1.54) is 43.4 Å². The van der Waals surface area contributed by atoms with Gasteiger partial charge in [-0.1, -0.05) is 12.1 Å². The first-order valence-electron chi connectivity index (χ1n) is 9.06. The Balaban J connectivity index is 2.15. The van der Waals surface area contributed by atoms with E-state index in [9.17, 15) is 19.1 Å². The summed E-state index contributed by atoms with van der Waals surface area (Å²) in [5.41, 5.74) is 1.64. The fourth-order valence-electron chi connectivity index (χ4n) is 3.47. The minimum absolute atomic E-state index is 0.0396. The van der Waals surface area contributed by atoms with Crippen LogP contribution in [-0.2, 0) is 14.3 Å². The molecule has 1 saturated heterocycles. The number of Topliss-reactive ketones (excluding diaryl/α,β-unsaturated/α-hetero) is 1. The molecule has 1 aliphatic heterocycles. The predicted octanol–water partition coefficient (Wildman–Crippen LogP) is 3.21. The van der Waals surface area contributed by atoms with Gasteiger partial charge in [0.2, 0.25) is 0 Å². The molecule has 1 heterocycles. The van der Waals surface area contributed by atoms with E-state index in [2.05, 4.69) is 0 Å². The molecular weight excluding hydrogens is 377 g/mol. The standard InChI is InChI=1S/C22H22FNO5/c1-13-12-15(6-9-17(13)29-3)20(25)18-19(14-4-7-16(23)8-5-14)24(10-11-28-2)22(27)21(18)26/h4-9,12,19,25H,10-11H2,1-3H3/b20-18+/t19-/m1/s1. The second-order valence-electron chi connectivity index (χ2n) is 6.72. The average Bonchev–Trinajstić information content (AvgIpc) is 2.96. The molecule has 0 saturated carbocycles. The van der Waals surface area contributed by atoms with Gasteiger partial charge in [-0.15, -0.1) is 0 Å². The topological polar surface area (TPSA) is 76.1 Å². The molecule has 1 amide bonds. The smallest absolute Gasteiger partial charge is 0.295 e. The Morgan fingerprint density at radius 2 is 1.83 bits per heavy atom. The molecule has 1 atom stereocenters. The number of benzene rings is 2. The Labute approximate surface area is 168 Å². The molecule has 0 aliphatic carbocycles. The lowest BCUT2D eigenvalue weighted by molar-refractivity contribution is -0.140. The van der Waals surface area contributed by atoms with Gasteiger partial charge in [0.15, 0.2) is 0 Å². The van der Waals surface area contributed by atoms with Crippen molar-refractivity contribution in [2.24, 2.45) is 0 Å². The Hall–Kier alpha value is -3.19. The average molecular weight is 399 g/mol. The van der Waals surface area contributed by atoms with Crippen LogP contribution >= 0.6 is 0 Å². The zero-order chi connectivity index (χ0) is 21.1. The molecule has 0 spiro atoms. The van der Waals surface area contributed by atoms with E-state index in [1.54, 1.807) is 18.2 Å². The highest BCUT2D eigenvalue weighted by Gasteiger charge is 2.45. The van der Waals surface area contributed by atoms with Crippen LogP contribution in [0, 0.1) is 12.7 Å². The number of methoxy groups -OCH3 is 2. The molecule has 2 aromatic carbocycles. The normalized spacial score (nSPS) is 18.3. The van der Waals surface area contributed by atoms with Crippen LogP contribution < -0.4 is 4.74 Å². The number of carbonyl (C=O) groups excluding carboxylic acids is 2. The summed E-state index contributed by atoms with van der Waals surface area (Å²) in [7, 11) is 3.03. The molecule has 29 heavy (non-hydrogen) atoms. The largest absolute Gasteiger partial charge is 0.507 e. The molecule has 2 aromatic rings. The predicted molar refractivity (Wildman–Crippen MR) is 105 cm³/mol. The van der Waals surface area contributed by atoms with Crippen molar-refractivity contribution in [3.63, 3.8) is 0 Å². The highest BCUT2D eigenvalue weighted by Crippen LogP contribution is 2.39. The molecular formula is C22H22FNO5. The van der Waals surface area contributed by atoms with Gasteiger partial charge in [0, 0.05) is 19.2 Å². The van der Waals surface area contributed by atoms with Crippen molar-refractivity contribution in [3.8, 4) is 5.75 Å². The van der Waals surface area contributed by atoms with Crippen molar-refractivity contribution in [1.82, 2.24) is 4.90 Å². The fraction of sp³-hybridized carbons (Fsp3) is 0.273. The van der Waals surface area contributed by atoms with Crippen LogP contribution in [0.3, 0.4) is 0 Å². The summed E-state index contributed by atoms with van der Waals surface area (Å²) >= 11 is 0. The summed E-state index contributed by atoms with van der Waals surface area (Å²) in [4.78, 5) is 26.8. The Bertz CT molecular complexity index is 968. The van der Waals surface area contributed by atoms with Gasteiger partial charge in [-0.25, -0.2) is 4.39 Å². The lowest BCUT2D eigenvalue weighted by Gasteiger charge is -2.25. The van der Waals surface area contributed by atoms with Gasteiger partial charge in [-0.3, -0.25) is 9.59 Å². The van der Waals surface area contributed by atoms with E-state index < -0.39 is 23.5 Å². The number of likely N-dealkylation sites (tertiary alicyclic amines) is 1. The quantitative estimate of drug-likeness (QED) is 0.459. The maximum atomic E-state index is 13.4. The summed E-state index contributed by atoms with van der Waals surface area (Å²) in [5.74, 6) is -1.61. The van der Waals surface area contributed by atoms with E-state index in [1.807, 2.05) is 6.92 Å². The fourth-order valence-corrected chi connectivity index (χ4v) is 3.47. The van der Waals surface area contributed by atoms with Crippen LogP contribution in [0.1, 0.15) is 22.7 Å². The summed E-state index contributed by atoms with van der Waals surface area (Å²) < 4.78 is 23.7. The number of aryl methyl sites for hydroxylation is 1. The van der Waals surface area contributed by atoms with Crippen LogP contribution in [-0.4, -0.2) is 49.1 Å². The highest BCUT2D eigenvalue weighted by atomic mass is 19.1. The van der Waals surface area contributed by atoms with Gasteiger partial charge in [0.25, 0.3) is 11.7 Å². The molecule has 1 fully saturated rings. The van der Waals surface area contributed by atoms with E-state index >= 15 is 0 Å². The number of hydrogen-bond donors (Lipinski definition) is 1. The molecule has 7 heteroatoms. The number of aliphatic hydroxyl groups excluding tert-OH is 1. The van der Waals surface area contributed by atoms with Gasteiger partial charge in [0.05, 0.1) is 25.3 Å². The first-order valence-corrected chi connectivity index (χ1v) is 9.06. The van der Waals surface area contributed by atoms with Crippen molar-refractivity contribution in [2.45, 2.75) is 13.0 Å². The zero-order valence-corrected chi connectivity index (χ0v) is 16.4. The van der Waals surface area contributed by atoms with Crippen LogP contribution in [0.4, 0.5) is 4.39 Å². The minimum atomic E-state index is -0.840. The number of rotatable bonds is 6. The number of nitrogens with zero attached hydrogens (tertiary/aromatic N) is 1. The third kappa shape index (κ3) is 3.86. The first-order chi connectivity index (χ1) is 13.9. The lowest BCUT2D eigenvalue weighted by Crippen LogP contribution is -2.32. The zero-order valence-electron chi connectivity index (χ0n) is 16.4. The molecule has 6 nitrogen and oxygen atoms in total. The van der Waals surface area contributed by atoms with Crippen LogP contribution in [0.2, 0.25) is 0 Å². The first kappa shape index (κ1) is 20.5. The summed E-state index contributed by atoms with van der Waals surface area (Å²) in [6, 6.07) is 9.64. The number of aliphatic hydroxyl groups is 1. The number of hydrogen-bond acceptors (Lipinski definition) is 5. The second kappa shape index (κ2) is 8.45. The molecule has 0 unspecified atom stereocenters. The van der Waals surface area contributed by atoms with Gasteiger partial charge in [0.1, 0.15) is 17.3 Å². The number of carbonyl (C=O) groups is 2. The molecule has 0 bridgehead atoms. The summed E-state index contributed by atoms with van der Waals surface area (Å²) in [5, 5.41) is 11.0. The van der Waals surface area contributed by atoms with Crippen molar-refractivity contribution >= 4 is 17.4 Å². The summed E-state index contributed by atoms with van der Waals surface area (Å²) in [6.07, 6.45) is 0. The Morgan fingerprint density at radius 1 is 1.14 bits per heavy atom. The van der Waals surface area contributed by atoms with Gasteiger partial charge in [-0.2, -0.15) is 0 Å². The third-order valence-electron chi connectivity index (χ3n) is 4.93. The molecule has 0 radical (unpaired) electrons. The number of amides is 1. The van der Waals surface area contributed by atoms with Crippen LogP contribution in [0.15, 0.2) is 48.0 Å². The van der Waals surface area contributed by atoms with Crippen LogP contribution in [0.5, 0.6) is 5.75 Å². The molecule has 1 N–H and O–H groups in total. The SMILES string of the molecule is COCCN1C(=O)C(=O)/C(=C(/O)c2ccc(OC)c(C)c2)[C@H]1c1ccc(F)cc1. The van der Waals surface area contributed by atoms with E-state index in [-0.39, 0.29) is 24.5 Å². The van der Waals surface area contributed by atoms with Gasteiger partial charge < -0.3 is 19.5 Å². The number of halogens is 1. The lowest BCUT2D eigenvalue weighted by atomic mass is 9.95. The van der Waals surface area contributed by atoms with Crippen molar-refractivity contribution < 1.29 is 28.6 Å². The van der Waals surface area contributed by atoms with E-state index in [4.69, 9.17) is 9.47 Å². The van der Waals surface area contributed by atoms with Crippen LogP contribution in [0.25, 0.3) is 5.76 Å². The monoisotopic (exact) mass is 399 g/mol. The number of ether oxygens (including phenoxy) is 2. The Kier molecular flexibility index (Phi) is 5.98. The molecule has 0 aromatic heterocycles. The summed E-state index contributed by atoms with van der Waals surface area (Å²) in [6.45, 7) is 2.18. The van der Waals surface area contributed by atoms with Crippen molar-refractivity contribution in [1.29, 1.82) is 0 Å². The van der Waals surface area contributed by atoms with Crippen molar-refractivity contribution in [2.75, 3.05) is 27.4 Å². The highest BCUT2D eigenvalue weighted by molar-refractivity contribution is 6.46. The van der Waals surface area contributed by atoms with E-state index in [0.717, 1.165) is 5.56 Å². The molecule has 1 aliphatic rings. The second-order valence-corrected chi connectivity index (χ2v) is 6.72. The van der Waals surface area contributed by atoms with Gasteiger partial charge >= 0.3 is 0 Å². The van der Waals surface area contributed by atoms with Crippen molar-refractivity contribution in [3.05, 3.63) is 70.5 Å². The molecule has 3 rings (SSSR count). The molecule has 152 valence electrons.